The van der Waals surface area contributed by atoms with Crippen molar-refractivity contribution in [2.45, 2.75) is 25.9 Å². The van der Waals surface area contributed by atoms with E-state index in [1.165, 1.54) is 12.1 Å². The van der Waals surface area contributed by atoms with Crippen LogP contribution in [0, 0.1) is 5.82 Å². The molecular weight excluding hydrogens is 265 g/mol. The molecule has 0 fully saturated rings. The first-order chi connectivity index (χ1) is 10.2. The average Bonchev–Trinajstić information content (AvgIpc) is 2.84. The maximum atomic E-state index is 13.3. The lowest BCUT2D eigenvalue weighted by Gasteiger charge is -2.13. The molecule has 108 valence electrons. The molecule has 1 atom stereocenters. The number of para-hydroxylation sites is 2. The predicted octanol–water partition coefficient (Wildman–Crippen LogP) is 3.44. The molecule has 1 heterocycles. The number of hydrogen-bond donors (Lipinski definition) is 1. The van der Waals surface area contributed by atoms with Crippen molar-refractivity contribution in [1.82, 2.24) is 9.55 Å². The predicted molar refractivity (Wildman–Crippen MR) is 82.4 cm³/mol. The highest BCUT2D eigenvalue weighted by atomic mass is 19.1. The van der Waals surface area contributed by atoms with E-state index in [1.54, 1.807) is 6.07 Å². The molecular formula is C17H18FN3. The standard InChI is InChI=1S/C17H18FN3/c1-2-21-16-9-4-3-8-15(16)20-17(21)11-14(19)12-6-5-7-13(18)10-12/h3-10,14H,2,11,19H2,1H3. The molecule has 21 heavy (non-hydrogen) atoms. The third-order valence-electron chi connectivity index (χ3n) is 3.73. The highest BCUT2D eigenvalue weighted by Crippen LogP contribution is 2.21. The number of aryl methyl sites for hydroxylation is 1. The topological polar surface area (TPSA) is 43.8 Å². The zero-order chi connectivity index (χ0) is 14.8. The molecule has 1 unspecified atom stereocenters. The molecule has 0 aliphatic heterocycles. The van der Waals surface area contributed by atoms with Crippen molar-refractivity contribution >= 4 is 11.0 Å². The lowest BCUT2D eigenvalue weighted by molar-refractivity contribution is 0.608. The summed E-state index contributed by atoms with van der Waals surface area (Å²) < 4.78 is 15.5. The van der Waals surface area contributed by atoms with E-state index >= 15 is 0 Å². The minimum Gasteiger partial charge on any atom is -0.328 e. The van der Waals surface area contributed by atoms with Crippen LogP contribution in [-0.2, 0) is 13.0 Å². The van der Waals surface area contributed by atoms with E-state index in [1.807, 2.05) is 24.3 Å². The Balaban J connectivity index is 1.94. The van der Waals surface area contributed by atoms with Gasteiger partial charge in [0.25, 0.3) is 0 Å². The molecule has 0 saturated heterocycles. The summed E-state index contributed by atoms with van der Waals surface area (Å²) in [6.45, 7) is 2.93. The third kappa shape index (κ3) is 2.67. The summed E-state index contributed by atoms with van der Waals surface area (Å²) in [5.74, 6) is 0.683. The van der Waals surface area contributed by atoms with Crippen LogP contribution in [-0.4, -0.2) is 9.55 Å². The number of rotatable bonds is 4. The van der Waals surface area contributed by atoms with Crippen molar-refractivity contribution < 1.29 is 4.39 Å². The third-order valence-corrected chi connectivity index (χ3v) is 3.73. The van der Waals surface area contributed by atoms with Crippen LogP contribution in [0.2, 0.25) is 0 Å². The molecule has 0 aliphatic carbocycles. The molecule has 0 aliphatic rings. The van der Waals surface area contributed by atoms with E-state index in [9.17, 15) is 4.39 Å². The molecule has 2 aromatic carbocycles. The molecule has 4 heteroatoms. The second kappa shape index (κ2) is 5.66. The highest BCUT2D eigenvalue weighted by molar-refractivity contribution is 5.75. The van der Waals surface area contributed by atoms with Gasteiger partial charge in [-0.25, -0.2) is 9.37 Å². The Morgan fingerprint density at radius 3 is 2.76 bits per heavy atom. The molecule has 0 saturated carbocycles. The second-order valence-electron chi connectivity index (χ2n) is 5.13. The van der Waals surface area contributed by atoms with Crippen LogP contribution in [0.4, 0.5) is 4.39 Å². The zero-order valence-corrected chi connectivity index (χ0v) is 12.0. The lowest BCUT2D eigenvalue weighted by Crippen LogP contribution is -2.16. The van der Waals surface area contributed by atoms with Crippen LogP contribution < -0.4 is 5.73 Å². The molecule has 2 N–H and O–H groups in total. The summed E-state index contributed by atoms with van der Waals surface area (Å²) in [6.07, 6.45) is 0.589. The van der Waals surface area contributed by atoms with E-state index in [2.05, 4.69) is 22.5 Å². The average molecular weight is 283 g/mol. The summed E-state index contributed by atoms with van der Waals surface area (Å²) >= 11 is 0. The lowest BCUT2D eigenvalue weighted by atomic mass is 10.0. The Kier molecular flexibility index (Phi) is 3.71. The van der Waals surface area contributed by atoms with Crippen LogP contribution in [0.1, 0.15) is 24.4 Å². The molecule has 0 spiro atoms. The highest BCUT2D eigenvalue weighted by Gasteiger charge is 2.14. The van der Waals surface area contributed by atoms with E-state index in [0.717, 1.165) is 29.0 Å². The van der Waals surface area contributed by atoms with Crippen LogP contribution in [0.25, 0.3) is 11.0 Å². The van der Waals surface area contributed by atoms with Crippen LogP contribution in [0.3, 0.4) is 0 Å². The van der Waals surface area contributed by atoms with E-state index in [-0.39, 0.29) is 11.9 Å². The molecule has 0 bridgehead atoms. The molecule has 0 radical (unpaired) electrons. The van der Waals surface area contributed by atoms with Crippen molar-refractivity contribution in [1.29, 1.82) is 0 Å². The fourth-order valence-electron chi connectivity index (χ4n) is 2.69. The molecule has 3 rings (SSSR count). The minimum atomic E-state index is -0.261. The summed E-state index contributed by atoms with van der Waals surface area (Å²) in [4.78, 5) is 4.66. The van der Waals surface area contributed by atoms with Gasteiger partial charge in [-0.05, 0) is 36.8 Å². The van der Waals surface area contributed by atoms with Crippen LogP contribution in [0.15, 0.2) is 48.5 Å². The van der Waals surface area contributed by atoms with Gasteiger partial charge in [-0.3, -0.25) is 0 Å². The molecule has 0 amide bonds. The Morgan fingerprint density at radius 2 is 2.00 bits per heavy atom. The van der Waals surface area contributed by atoms with E-state index < -0.39 is 0 Å². The monoisotopic (exact) mass is 283 g/mol. The Labute approximate surface area is 123 Å². The summed E-state index contributed by atoms with van der Waals surface area (Å²) in [6, 6.07) is 14.2. The number of nitrogens with zero attached hydrogens (tertiary/aromatic N) is 2. The fraction of sp³-hybridized carbons (Fsp3) is 0.235. The number of nitrogens with two attached hydrogens (primary N) is 1. The van der Waals surface area contributed by atoms with Crippen molar-refractivity contribution in [2.24, 2.45) is 5.73 Å². The van der Waals surface area contributed by atoms with Crippen LogP contribution in [0.5, 0.6) is 0 Å². The van der Waals surface area contributed by atoms with Gasteiger partial charge in [0.05, 0.1) is 11.0 Å². The van der Waals surface area contributed by atoms with Gasteiger partial charge in [0.1, 0.15) is 11.6 Å². The summed E-state index contributed by atoms with van der Waals surface area (Å²) in [5.41, 5.74) is 9.10. The number of imidazole rings is 1. The van der Waals surface area contributed by atoms with Crippen molar-refractivity contribution in [3.8, 4) is 0 Å². The maximum Gasteiger partial charge on any atom is 0.123 e. The van der Waals surface area contributed by atoms with Crippen molar-refractivity contribution in [3.05, 3.63) is 65.7 Å². The Bertz CT molecular complexity index is 764. The van der Waals surface area contributed by atoms with Gasteiger partial charge in [0.2, 0.25) is 0 Å². The van der Waals surface area contributed by atoms with Crippen molar-refractivity contribution in [3.63, 3.8) is 0 Å². The van der Waals surface area contributed by atoms with Gasteiger partial charge < -0.3 is 10.3 Å². The molecule has 3 aromatic rings. The minimum absolute atomic E-state index is 0.257. The van der Waals surface area contributed by atoms with Gasteiger partial charge >= 0.3 is 0 Å². The van der Waals surface area contributed by atoms with Gasteiger partial charge in [-0.1, -0.05) is 24.3 Å². The van der Waals surface area contributed by atoms with E-state index in [0.29, 0.717) is 6.42 Å². The first-order valence-corrected chi connectivity index (χ1v) is 7.14. The molecule has 3 nitrogen and oxygen atoms in total. The van der Waals surface area contributed by atoms with Crippen molar-refractivity contribution in [2.75, 3.05) is 0 Å². The van der Waals surface area contributed by atoms with Gasteiger partial charge in [0.15, 0.2) is 0 Å². The first-order valence-electron chi connectivity index (χ1n) is 7.14. The SMILES string of the molecule is CCn1c(CC(N)c2cccc(F)c2)nc2ccccc21. The second-order valence-corrected chi connectivity index (χ2v) is 5.13. The van der Waals surface area contributed by atoms with E-state index in [4.69, 9.17) is 5.73 Å². The first kappa shape index (κ1) is 13.8. The maximum absolute atomic E-state index is 13.3. The zero-order valence-electron chi connectivity index (χ0n) is 12.0. The number of fused-ring (bicyclic) bond motifs is 1. The number of hydrogen-bond acceptors (Lipinski definition) is 2. The number of halogens is 1. The summed E-state index contributed by atoms with van der Waals surface area (Å²) in [5, 5.41) is 0. The normalized spacial score (nSPS) is 12.7. The summed E-state index contributed by atoms with van der Waals surface area (Å²) in [7, 11) is 0. The van der Waals surface area contributed by atoms with Gasteiger partial charge in [-0.15, -0.1) is 0 Å². The quantitative estimate of drug-likeness (QED) is 0.797. The Morgan fingerprint density at radius 1 is 1.19 bits per heavy atom. The van der Waals surface area contributed by atoms with Crippen LogP contribution >= 0.6 is 0 Å². The smallest absolute Gasteiger partial charge is 0.123 e. The largest absolute Gasteiger partial charge is 0.328 e. The number of aromatic nitrogens is 2. The van der Waals surface area contributed by atoms with Gasteiger partial charge in [0, 0.05) is 19.0 Å². The van der Waals surface area contributed by atoms with Gasteiger partial charge in [-0.2, -0.15) is 0 Å². The Hall–Kier alpha value is -2.20. The fourth-order valence-corrected chi connectivity index (χ4v) is 2.69. The number of benzene rings is 2. The molecule has 1 aromatic heterocycles.